The first-order chi connectivity index (χ1) is 8.58. The summed E-state index contributed by atoms with van der Waals surface area (Å²) in [4.78, 5) is 0. The lowest BCUT2D eigenvalue weighted by Gasteiger charge is -2.14. The van der Waals surface area contributed by atoms with Crippen LogP contribution in [0.3, 0.4) is 0 Å². The molecule has 1 aromatic heterocycles. The summed E-state index contributed by atoms with van der Waals surface area (Å²) in [6, 6.07) is 10.2. The number of nitrogens with zero attached hydrogens (tertiary/aromatic N) is 2. The van der Waals surface area contributed by atoms with Gasteiger partial charge in [-0.1, -0.05) is 6.07 Å². The lowest BCUT2D eigenvalue weighted by atomic mass is 10.2. The van der Waals surface area contributed by atoms with Crippen molar-refractivity contribution >= 4 is 0 Å². The van der Waals surface area contributed by atoms with Gasteiger partial charge in [0.15, 0.2) is 0 Å². The number of aromatic nitrogens is 1. The van der Waals surface area contributed by atoms with Crippen molar-refractivity contribution in [2.24, 2.45) is 0 Å². The van der Waals surface area contributed by atoms with Crippen molar-refractivity contribution in [2.75, 3.05) is 7.11 Å². The van der Waals surface area contributed by atoms with Crippen LogP contribution in [0.1, 0.15) is 22.5 Å². The van der Waals surface area contributed by atoms with Crippen molar-refractivity contribution in [3.05, 3.63) is 46.8 Å². The van der Waals surface area contributed by atoms with E-state index in [1.165, 1.54) is 0 Å². The van der Waals surface area contributed by atoms with Crippen LogP contribution in [0.15, 0.2) is 24.3 Å². The number of aryl methyl sites for hydroxylation is 2. The fourth-order valence-corrected chi connectivity index (χ4v) is 2.22. The van der Waals surface area contributed by atoms with Crippen molar-refractivity contribution in [1.82, 2.24) is 4.57 Å². The van der Waals surface area contributed by atoms with Crippen LogP contribution in [-0.4, -0.2) is 11.7 Å². The molecular formula is C15H16N2O. The highest BCUT2D eigenvalue weighted by molar-refractivity contribution is 5.54. The summed E-state index contributed by atoms with van der Waals surface area (Å²) in [5.41, 5.74) is 4.83. The summed E-state index contributed by atoms with van der Waals surface area (Å²) in [5, 5.41) is 9.09. The number of hydrogen-bond donors (Lipinski definition) is 0. The Labute approximate surface area is 107 Å². The summed E-state index contributed by atoms with van der Waals surface area (Å²) in [5.74, 6) is 0.812. The zero-order valence-corrected chi connectivity index (χ0v) is 11.1. The minimum Gasteiger partial charge on any atom is -0.495 e. The van der Waals surface area contributed by atoms with E-state index in [2.05, 4.69) is 16.7 Å². The Bertz CT molecular complexity index is 633. The number of hydrogen-bond acceptors (Lipinski definition) is 2. The van der Waals surface area contributed by atoms with Gasteiger partial charge in [0, 0.05) is 11.4 Å². The van der Waals surface area contributed by atoms with Gasteiger partial charge in [-0.05, 0) is 44.5 Å². The van der Waals surface area contributed by atoms with Gasteiger partial charge in [0.1, 0.15) is 11.8 Å². The van der Waals surface area contributed by atoms with Crippen LogP contribution in [0.2, 0.25) is 0 Å². The Kier molecular flexibility index (Phi) is 3.12. The summed E-state index contributed by atoms with van der Waals surface area (Å²) in [7, 11) is 1.66. The monoisotopic (exact) mass is 240 g/mol. The quantitative estimate of drug-likeness (QED) is 0.807. The zero-order valence-electron chi connectivity index (χ0n) is 11.1. The van der Waals surface area contributed by atoms with Crippen molar-refractivity contribution < 1.29 is 4.74 Å². The number of rotatable bonds is 2. The van der Waals surface area contributed by atoms with E-state index in [-0.39, 0.29) is 0 Å². The maximum Gasteiger partial charge on any atom is 0.142 e. The van der Waals surface area contributed by atoms with E-state index in [0.717, 1.165) is 28.4 Å². The van der Waals surface area contributed by atoms with Gasteiger partial charge in [-0.3, -0.25) is 0 Å². The van der Waals surface area contributed by atoms with Gasteiger partial charge in [-0.2, -0.15) is 5.26 Å². The Hall–Kier alpha value is -2.21. The molecule has 3 heteroatoms. The van der Waals surface area contributed by atoms with E-state index in [1.54, 1.807) is 7.11 Å². The molecule has 1 heterocycles. The van der Waals surface area contributed by atoms with E-state index in [0.29, 0.717) is 5.56 Å². The van der Waals surface area contributed by atoms with Crippen LogP contribution in [-0.2, 0) is 0 Å². The van der Waals surface area contributed by atoms with Crippen LogP contribution >= 0.6 is 0 Å². The minimum absolute atomic E-state index is 0.705. The molecule has 0 fully saturated rings. The normalized spacial score (nSPS) is 10.2. The molecule has 0 aliphatic carbocycles. The SMILES string of the molecule is COc1ccc(C)cc1-n1c(C)cc(C#N)c1C. The fourth-order valence-electron chi connectivity index (χ4n) is 2.22. The van der Waals surface area contributed by atoms with Crippen LogP contribution in [0.4, 0.5) is 0 Å². The topological polar surface area (TPSA) is 38.0 Å². The van der Waals surface area contributed by atoms with Gasteiger partial charge >= 0.3 is 0 Å². The molecule has 3 nitrogen and oxygen atoms in total. The van der Waals surface area contributed by atoms with E-state index >= 15 is 0 Å². The minimum atomic E-state index is 0.705. The molecular weight excluding hydrogens is 224 g/mol. The lowest BCUT2D eigenvalue weighted by Crippen LogP contribution is -2.02. The highest BCUT2D eigenvalue weighted by Crippen LogP contribution is 2.28. The average Bonchev–Trinajstić information content (AvgIpc) is 2.64. The standard InChI is InChI=1S/C15H16N2O/c1-10-5-6-15(18-4)14(7-10)17-11(2)8-13(9-16)12(17)3/h5-8H,1-4H3. The molecule has 2 aromatic rings. The Morgan fingerprint density at radius 3 is 2.44 bits per heavy atom. The number of methoxy groups -OCH3 is 1. The summed E-state index contributed by atoms with van der Waals surface area (Å²) < 4.78 is 7.46. The average molecular weight is 240 g/mol. The first-order valence-electron chi connectivity index (χ1n) is 5.82. The predicted octanol–water partition coefficient (Wildman–Crippen LogP) is 3.28. The maximum absolute atomic E-state index is 9.09. The number of ether oxygens (including phenoxy) is 1. The van der Waals surface area contributed by atoms with Crippen molar-refractivity contribution in [3.8, 4) is 17.5 Å². The largest absolute Gasteiger partial charge is 0.495 e. The summed E-state index contributed by atoms with van der Waals surface area (Å²) in [6.07, 6.45) is 0. The van der Waals surface area contributed by atoms with Crippen molar-refractivity contribution in [2.45, 2.75) is 20.8 Å². The van der Waals surface area contributed by atoms with Crippen molar-refractivity contribution in [3.63, 3.8) is 0 Å². The number of benzene rings is 1. The van der Waals surface area contributed by atoms with Gasteiger partial charge in [0.25, 0.3) is 0 Å². The Morgan fingerprint density at radius 2 is 1.89 bits per heavy atom. The summed E-state index contributed by atoms with van der Waals surface area (Å²) >= 11 is 0. The molecule has 0 amide bonds. The second-order valence-corrected chi connectivity index (χ2v) is 4.41. The second kappa shape index (κ2) is 4.58. The molecule has 0 aliphatic heterocycles. The Morgan fingerprint density at radius 1 is 1.17 bits per heavy atom. The van der Waals surface area contributed by atoms with Crippen LogP contribution < -0.4 is 4.74 Å². The van der Waals surface area contributed by atoms with Crippen LogP contribution in [0.5, 0.6) is 5.75 Å². The van der Waals surface area contributed by atoms with Gasteiger partial charge in [-0.15, -0.1) is 0 Å². The third kappa shape index (κ3) is 1.86. The summed E-state index contributed by atoms with van der Waals surface area (Å²) in [6.45, 7) is 5.99. The van der Waals surface area contributed by atoms with Gasteiger partial charge in [0.2, 0.25) is 0 Å². The molecule has 0 N–H and O–H groups in total. The number of nitriles is 1. The molecule has 2 rings (SSSR count). The van der Waals surface area contributed by atoms with Crippen LogP contribution in [0.25, 0.3) is 5.69 Å². The highest BCUT2D eigenvalue weighted by atomic mass is 16.5. The molecule has 0 atom stereocenters. The molecule has 0 saturated carbocycles. The van der Waals surface area contributed by atoms with Gasteiger partial charge < -0.3 is 9.30 Å². The molecule has 0 saturated heterocycles. The second-order valence-electron chi connectivity index (χ2n) is 4.41. The fraction of sp³-hybridized carbons (Fsp3) is 0.267. The van der Waals surface area contributed by atoms with E-state index < -0.39 is 0 Å². The predicted molar refractivity (Wildman–Crippen MR) is 71.2 cm³/mol. The molecule has 92 valence electrons. The zero-order chi connectivity index (χ0) is 13.3. The molecule has 1 aromatic carbocycles. The molecule has 0 unspecified atom stereocenters. The molecule has 0 aliphatic rings. The smallest absolute Gasteiger partial charge is 0.142 e. The lowest BCUT2D eigenvalue weighted by molar-refractivity contribution is 0.412. The van der Waals surface area contributed by atoms with Crippen molar-refractivity contribution in [1.29, 1.82) is 5.26 Å². The first-order valence-corrected chi connectivity index (χ1v) is 5.82. The molecule has 0 spiro atoms. The third-order valence-electron chi connectivity index (χ3n) is 3.13. The Balaban J connectivity index is 2.73. The van der Waals surface area contributed by atoms with Crippen LogP contribution in [0, 0.1) is 32.1 Å². The van der Waals surface area contributed by atoms with Gasteiger partial charge in [-0.25, -0.2) is 0 Å². The highest BCUT2D eigenvalue weighted by Gasteiger charge is 2.13. The molecule has 0 radical (unpaired) electrons. The molecule has 18 heavy (non-hydrogen) atoms. The molecule has 0 bridgehead atoms. The van der Waals surface area contributed by atoms with E-state index in [4.69, 9.17) is 10.00 Å². The first kappa shape index (κ1) is 12.3. The maximum atomic E-state index is 9.09. The van der Waals surface area contributed by atoms with Gasteiger partial charge in [0.05, 0.1) is 18.4 Å². The van der Waals surface area contributed by atoms with E-state index in [9.17, 15) is 0 Å². The van der Waals surface area contributed by atoms with E-state index in [1.807, 2.05) is 39.0 Å². The third-order valence-corrected chi connectivity index (χ3v) is 3.13.